The smallest absolute Gasteiger partial charge is 0.286 e. The van der Waals surface area contributed by atoms with Crippen LogP contribution < -0.4 is 0 Å². The summed E-state index contributed by atoms with van der Waals surface area (Å²) in [6.07, 6.45) is 5.47. The van der Waals surface area contributed by atoms with Crippen LogP contribution in [0.15, 0.2) is 22.0 Å². The average molecular weight is 316 g/mol. The molecule has 116 valence electrons. The second-order valence-electron chi connectivity index (χ2n) is 5.86. The summed E-state index contributed by atoms with van der Waals surface area (Å²) in [7, 11) is 0. The molecule has 0 saturated carbocycles. The summed E-state index contributed by atoms with van der Waals surface area (Å²) in [6, 6.07) is 3.78. The zero-order chi connectivity index (χ0) is 15.7. The summed E-state index contributed by atoms with van der Waals surface area (Å²) in [5, 5.41) is 10.7. The molecule has 4 nitrogen and oxygen atoms in total. The van der Waals surface area contributed by atoms with Gasteiger partial charge in [-0.1, -0.05) is 0 Å². The fraction of sp³-hybridized carbons (Fsp3) is 0.412. The minimum atomic E-state index is -0.158. The van der Waals surface area contributed by atoms with Crippen LogP contribution in [0, 0.1) is 13.8 Å². The molecule has 1 saturated heterocycles. The van der Waals surface area contributed by atoms with E-state index in [1.54, 1.807) is 0 Å². The van der Waals surface area contributed by atoms with E-state index in [2.05, 4.69) is 9.89 Å². The Bertz CT molecular complexity index is 650. The van der Waals surface area contributed by atoms with Crippen molar-refractivity contribution in [1.29, 1.82) is 0 Å². The number of hydrogen-bond acceptors (Lipinski definition) is 4. The van der Waals surface area contributed by atoms with Crippen LogP contribution in [0.4, 0.5) is 0 Å². The van der Waals surface area contributed by atoms with Crippen molar-refractivity contribution < 1.29 is 9.90 Å². The minimum Gasteiger partial charge on any atom is -0.507 e. The number of likely N-dealkylation sites (tertiary alicyclic amines) is 1. The highest BCUT2D eigenvalue weighted by atomic mass is 32.2. The first-order valence-corrected chi connectivity index (χ1v) is 8.44. The Labute approximate surface area is 134 Å². The van der Waals surface area contributed by atoms with E-state index in [0.29, 0.717) is 10.7 Å². The molecule has 1 aromatic carbocycles. The van der Waals surface area contributed by atoms with Gasteiger partial charge in [-0.2, -0.15) is 4.99 Å². The van der Waals surface area contributed by atoms with Crippen molar-refractivity contribution in [2.45, 2.75) is 33.1 Å². The van der Waals surface area contributed by atoms with Crippen LogP contribution >= 0.6 is 11.8 Å². The van der Waals surface area contributed by atoms with Gasteiger partial charge < -0.3 is 10.0 Å². The maximum absolute atomic E-state index is 12.1. The third-order valence-electron chi connectivity index (χ3n) is 4.05. The number of aryl methyl sites for hydroxylation is 2. The van der Waals surface area contributed by atoms with Gasteiger partial charge in [-0.25, -0.2) is 0 Å². The van der Waals surface area contributed by atoms with E-state index < -0.39 is 0 Å². The number of carbonyl (C=O) groups is 1. The Kier molecular flexibility index (Phi) is 4.25. The summed E-state index contributed by atoms with van der Waals surface area (Å²) in [5.41, 5.74) is 2.57. The molecule has 1 N–H and O–H groups in total. The molecule has 2 aliphatic heterocycles. The summed E-state index contributed by atoms with van der Waals surface area (Å²) in [5.74, 6) is 0.159. The number of hydrogen-bond donors (Lipinski definition) is 1. The fourth-order valence-electron chi connectivity index (χ4n) is 2.84. The summed E-state index contributed by atoms with van der Waals surface area (Å²) < 4.78 is 0. The summed E-state index contributed by atoms with van der Waals surface area (Å²) in [4.78, 5) is 19.2. The van der Waals surface area contributed by atoms with E-state index in [4.69, 9.17) is 0 Å². The van der Waals surface area contributed by atoms with Crippen LogP contribution in [0.3, 0.4) is 0 Å². The lowest BCUT2D eigenvalue weighted by atomic mass is 10.1. The van der Waals surface area contributed by atoms with Crippen molar-refractivity contribution in [2.75, 3.05) is 13.1 Å². The van der Waals surface area contributed by atoms with Gasteiger partial charge in [-0.05, 0) is 79.8 Å². The quantitative estimate of drug-likeness (QED) is 0.806. The number of rotatable bonds is 1. The molecule has 1 aromatic rings. The number of piperidine rings is 1. The first-order chi connectivity index (χ1) is 10.5. The predicted molar refractivity (Wildman–Crippen MR) is 91.0 cm³/mol. The van der Waals surface area contributed by atoms with Gasteiger partial charge in [0.2, 0.25) is 0 Å². The summed E-state index contributed by atoms with van der Waals surface area (Å²) in [6.45, 7) is 5.71. The molecule has 0 radical (unpaired) electrons. The Hall–Kier alpha value is -1.75. The maximum atomic E-state index is 12.1. The molecule has 0 atom stereocenters. The first kappa shape index (κ1) is 15.2. The molecule has 3 rings (SSSR count). The molecule has 1 amide bonds. The number of benzene rings is 1. The van der Waals surface area contributed by atoms with E-state index in [0.717, 1.165) is 34.9 Å². The predicted octanol–water partition coefficient (Wildman–Crippen LogP) is 3.47. The van der Waals surface area contributed by atoms with E-state index in [9.17, 15) is 9.90 Å². The van der Waals surface area contributed by atoms with Gasteiger partial charge in [0.1, 0.15) is 5.75 Å². The molecule has 0 aliphatic carbocycles. The normalized spacial score (nSPS) is 20.6. The highest BCUT2D eigenvalue weighted by Gasteiger charge is 2.26. The standard InChI is InChI=1S/C17H20N2O2S/c1-11-8-13(9-12(2)15(11)20)10-14-16(21)18-17(22-14)19-6-4-3-5-7-19/h8-10,20H,3-7H2,1-2H3/b14-10-. The highest BCUT2D eigenvalue weighted by Crippen LogP contribution is 2.32. The number of phenols is 1. The minimum absolute atomic E-state index is 0.158. The molecule has 5 heteroatoms. The molecule has 0 bridgehead atoms. The van der Waals surface area contributed by atoms with Crippen LogP contribution in [-0.4, -0.2) is 34.2 Å². The van der Waals surface area contributed by atoms with Crippen LogP contribution in [0.1, 0.15) is 36.0 Å². The third kappa shape index (κ3) is 3.04. The molecule has 1 fully saturated rings. The van der Waals surface area contributed by atoms with E-state index in [1.165, 1.54) is 31.0 Å². The van der Waals surface area contributed by atoms with Gasteiger partial charge in [0.15, 0.2) is 5.17 Å². The van der Waals surface area contributed by atoms with Gasteiger partial charge in [0.05, 0.1) is 4.91 Å². The largest absolute Gasteiger partial charge is 0.507 e. The second-order valence-corrected chi connectivity index (χ2v) is 6.87. The van der Waals surface area contributed by atoms with E-state index in [1.807, 2.05) is 32.1 Å². The van der Waals surface area contributed by atoms with E-state index >= 15 is 0 Å². The second kappa shape index (κ2) is 6.16. The van der Waals surface area contributed by atoms with Crippen molar-refractivity contribution in [1.82, 2.24) is 4.90 Å². The van der Waals surface area contributed by atoms with Gasteiger partial charge in [-0.3, -0.25) is 4.79 Å². The highest BCUT2D eigenvalue weighted by molar-refractivity contribution is 8.18. The van der Waals surface area contributed by atoms with Crippen LogP contribution in [-0.2, 0) is 4.79 Å². The number of carbonyl (C=O) groups excluding carboxylic acids is 1. The van der Waals surface area contributed by atoms with Gasteiger partial charge in [0.25, 0.3) is 5.91 Å². The Morgan fingerprint density at radius 2 is 1.82 bits per heavy atom. The summed E-state index contributed by atoms with van der Waals surface area (Å²) >= 11 is 1.46. The van der Waals surface area contributed by atoms with Gasteiger partial charge in [0, 0.05) is 13.1 Å². The van der Waals surface area contributed by atoms with Crippen molar-refractivity contribution in [3.63, 3.8) is 0 Å². The number of amides is 1. The van der Waals surface area contributed by atoms with Crippen LogP contribution in [0.5, 0.6) is 5.75 Å². The molecule has 0 unspecified atom stereocenters. The number of aliphatic imine (C=N–C) groups is 1. The molecule has 0 spiro atoms. The van der Waals surface area contributed by atoms with Crippen molar-refractivity contribution in [2.24, 2.45) is 4.99 Å². The van der Waals surface area contributed by atoms with Gasteiger partial charge >= 0.3 is 0 Å². The zero-order valence-corrected chi connectivity index (χ0v) is 13.7. The topological polar surface area (TPSA) is 52.9 Å². The van der Waals surface area contributed by atoms with Crippen molar-refractivity contribution in [3.8, 4) is 5.75 Å². The third-order valence-corrected chi connectivity index (χ3v) is 5.09. The average Bonchev–Trinajstić information content (AvgIpc) is 2.87. The molecule has 0 aromatic heterocycles. The molecular formula is C17H20N2O2S. The monoisotopic (exact) mass is 316 g/mol. The lowest BCUT2D eigenvalue weighted by Crippen LogP contribution is -2.33. The SMILES string of the molecule is Cc1cc(/C=C2\SC(N3CCCCC3)=NC2=O)cc(C)c1O. The van der Waals surface area contributed by atoms with Gasteiger partial charge in [-0.15, -0.1) is 0 Å². The van der Waals surface area contributed by atoms with Crippen molar-refractivity contribution >= 4 is 28.9 Å². The molecule has 2 heterocycles. The lowest BCUT2D eigenvalue weighted by molar-refractivity contribution is -0.113. The van der Waals surface area contributed by atoms with Crippen molar-refractivity contribution in [3.05, 3.63) is 33.7 Å². The van der Waals surface area contributed by atoms with Crippen LogP contribution in [0.25, 0.3) is 6.08 Å². The number of amidine groups is 1. The Balaban J connectivity index is 1.80. The number of thioether (sulfide) groups is 1. The fourth-order valence-corrected chi connectivity index (χ4v) is 3.81. The van der Waals surface area contributed by atoms with E-state index in [-0.39, 0.29) is 5.91 Å². The first-order valence-electron chi connectivity index (χ1n) is 7.62. The maximum Gasteiger partial charge on any atom is 0.286 e. The molecular weight excluding hydrogens is 296 g/mol. The Morgan fingerprint density at radius 1 is 1.18 bits per heavy atom. The number of phenolic OH excluding ortho intramolecular Hbond substituents is 1. The molecule has 22 heavy (non-hydrogen) atoms. The van der Waals surface area contributed by atoms with Crippen LogP contribution in [0.2, 0.25) is 0 Å². The lowest BCUT2D eigenvalue weighted by Gasteiger charge is -2.27. The molecule has 2 aliphatic rings. The Morgan fingerprint density at radius 3 is 2.45 bits per heavy atom. The number of aromatic hydroxyl groups is 1. The number of nitrogens with zero attached hydrogens (tertiary/aromatic N) is 2. The zero-order valence-electron chi connectivity index (χ0n) is 12.9.